The van der Waals surface area contributed by atoms with Crippen LogP contribution in [-0.2, 0) is 0 Å². The molecule has 2 aromatic rings. The van der Waals surface area contributed by atoms with Gasteiger partial charge in [-0.15, -0.1) is 0 Å². The van der Waals surface area contributed by atoms with Crippen LogP contribution < -0.4 is 10.4 Å². The molecular formula is C12H14Li2OSi. The molecule has 0 radical (unpaired) electrons. The molecule has 2 rings (SSSR count). The second-order valence-corrected chi connectivity index (χ2v) is 5.36. The minimum absolute atomic E-state index is 0. The molecule has 0 aliphatic rings. The van der Waals surface area contributed by atoms with E-state index in [1.54, 1.807) is 0 Å². The SMILES string of the molecule is O[SiH](c1ccccc1)c1ccccc1.[LiH].[LiH]. The normalized spacial score (nSPS) is 9.12. The molecular weight excluding hydrogens is 202 g/mol. The molecule has 1 N–H and O–H groups in total. The van der Waals surface area contributed by atoms with Crippen LogP contribution in [0.4, 0.5) is 0 Å². The average Bonchev–Trinajstić information content (AvgIpc) is 2.30. The maximum atomic E-state index is 10.1. The van der Waals surface area contributed by atoms with Crippen molar-refractivity contribution < 1.29 is 4.80 Å². The van der Waals surface area contributed by atoms with Gasteiger partial charge in [0.2, 0.25) is 9.04 Å². The van der Waals surface area contributed by atoms with E-state index in [-0.39, 0.29) is 37.7 Å². The molecule has 2 aromatic carbocycles. The van der Waals surface area contributed by atoms with Crippen LogP contribution in [0, 0.1) is 0 Å². The Morgan fingerprint density at radius 2 is 0.938 bits per heavy atom. The Morgan fingerprint density at radius 1 is 0.625 bits per heavy atom. The van der Waals surface area contributed by atoms with Gasteiger partial charge in [-0.05, 0) is 10.4 Å². The summed E-state index contributed by atoms with van der Waals surface area (Å²) in [5.41, 5.74) is 0. The summed E-state index contributed by atoms with van der Waals surface area (Å²) >= 11 is 0. The van der Waals surface area contributed by atoms with E-state index in [1.807, 2.05) is 60.7 Å². The summed E-state index contributed by atoms with van der Waals surface area (Å²) < 4.78 is 0. The zero-order valence-electron chi connectivity index (χ0n) is 7.80. The molecule has 0 spiro atoms. The predicted molar refractivity (Wildman–Crippen MR) is 75.8 cm³/mol. The van der Waals surface area contributed by atoms with Crippen molar-refractivity contribution in [2.45, 2.75) is 0 Å². The van der Waals surface area contributed by atoms with Gasteiger partial charge < -0.3 is 4.80 Å². The van der Waals surface area contributed by atoms with Gasteiger partial charge >= 0.3 is 37.7 Å². The van der Waals surface area contributed by atoms with Gasteiger partial charge in [0.05, 0.1) is 0 Å². The van der Waals surface area contributed by atoms with Gasteiger partial charge in [0.1, 0.15) is 0 Å². The van der Waals surface area contributed by atoms with Gasteiger partial charge in [-0.2, -0.15) is 0 Å². The first-order chi connectivity index (χ1) is 6.88. The Hall–Kier alpha value is -0.188. The van der Waals surface area contributed by atoms with Crippen LogP contribution in [0.3, 0.4) is 0 Å². The molecule has 1 nitrogen and oxygen atoms in total. The van der Waals surface area contributed by atoms with Crippen LogP contribution in [0.2, 0.25) is 0 Å². The zero-order chi connectivity index (χ0) is 9.80. The molecule has 0 fully saturated rings. The van der Waals surface area contributed by atoms with Crippen molar-refractivity contribution in [3.8, 4) is 0 Å². The first-order valence-electron chi connectivity index (χ1n) is 4.66. The summed E-state index contributed by atoms with van der Waals surface area (Å²) in [4.78, 5) is 10.1. The molecule has 0 heterocycles. The molecule has 4 heteroatoms. The first kappa shape index (κ1) is 15.8. The molecule has 0 aromatic heterocycles. The fourth-order valence-corrected chi connectivity index (χ4v) is 3.02. The van der Waals surface area contributed by atoms with E-state index in [4.69, 9.17) is 0 Å². The van der Waals surface area contributed by atoms with Crippen molar-refractivity contribution in [3.63, 3.8) is 0 Å². The summed E-state index contributed by atoms with van der Waals surface area (Å²) in [5.74, 6) is 0. The van der Waals surface area contributed by atoms with Crippen molar-refractivity contribution >= 4 is 57.1 Å². The number of hydrogen-bond donors (Lipinski definition) is 1. The summed E-state index contributed by atoms with van der Waals surface area (Å²) in [5, 5.41) is 2.14. The van der Waals surface area contributed by atoms with E-state index in [2.05, 4.69) is 0 Å². The molecule has 0 bridgehead atoms. The number of benzene rings is 2. The second kappa shape index (κ2) is 7.98. The van der Waals surface area contributed by atoms with Gasteiger partial charge in [0.25, 0.3) is 0 Å². The summed E-state index contributed by atoms with van der Waals surface area (Å²) in [6, 6.07) is 19.8. The van der Waals surface area contributed by atoms with Crippen LogP contribution in [0.1, 0.15) is 0 Å². The summed E-state index contributed by atoms with van der Waals surface area (Å²) in [7, 11) is -1.92. The van der Waals surface area contributed by atoms with Crippen molar-refractivity contribution in [3.05, 3.63) is 60.7 Å². The third-order valence-corrected chi connectivity index (χ3v) is 4.26. The Labute approximate surface area is 122 Å². The number of rotatable bonds is 2. The van der Waals surface area contributed by atoms with Gasteiger partial charge in [-0.25, -0.2) is 0 Å². The van der Waals surface area contributed by atoms with Crippen LogP contribution in [0.25, 0.3) is 0 Å². The van der Waals surface area contributed by atoms with E-state index in [9.17, 15) is 4.80 Å². The van der Waals surface area contributed by atoms with Gasteiger partial charge in [0, 0.05) is 0 Å². The topological polar surface area (TPSA) is 20.2 Å². The molecule has 0 aliphatic carbocycles. The van der Waals surface area contributed by atoms with Crippen molar-refractivity contribution in [1.82, 2.24) is 0 Å². The molecule has 0 atom stereocenters. The van der Waals surface area contributed by atoms with Crippen LogP contribution in [0.15, 0.2) is 60.7 Å². The summed E-state index contributed by atoms with van der Waals surface area (Å²) in [6.07, 6.45) is 0. The molecule has 0 saturated heterocycles. The van der Waals surface area contributed by atoms with Crippen molar-refractivity contribution in [2.24, 2.45) is 0 Å². The van der Waals surface area contributed by atoms with E-state index in [1.165, 1.54) is 0 Å². The van der Waals surface area contributed by atoms with Crippen LogP contribution >= 0.6 is 0 Å². The van der Waals surface area contributed by atoms with Crippen LogP contribution in [0.5, 0.6) is 0 Å². The first-order valence-corrected chi connectivity index (χ1v) is 6.33. The number of hydrogen-bond acceptors (Lipinski definition) is 1. The monoisotopic (exact) mass is 216 g/mol. The average molecular weight is 216 g/mol. The molecule has 0 aliphatic heterocycles. The quantitative estimate of drug-likeness (QED) is 0.653. The van der Waals surface area contributed by atoms with Gasteiger partial charge in [-0.1, -0.05) is 60.7 Å². The molecule has 74 valence electrons. The van der Waals surface area contributed by atoms with Gasteiger partial charge in [0.15, 0.2) is 0 Å². The molecule has 0 saturated carbocycles. The van der Waals surface area contributed by atoms with Crippen molar-refractivity contribution in [1.29, 1.82) is 0 Å². The Balaban J connectivity index is 0.00000112. The maximum absolute atomic E-state index is 10.1. The molecule has 0 amide bonds. The van der Waals surface area contributed by atoms with E-state index in [0.717, 1.165) is 10.4 Å². The fraction of sp³-hybridized carbons (Fsp3) is 0. The predicted octanol–water partition coefficient (Wildman–Crippen LogP) is -0.780. The Bertz CT molecular complexity index is 355. The fourth-order valence-electron chi connectivity index (χ4n) is 1.46. The van der Waals surface area contributed by atoms with E-state index in [0.29, 0.717) is 0 Å². The Morgan fingerprint density at radius 3 is 1.25 bits per heavy atom. The van der Waals surface area contributed by atoms with E-state index < -0.39 is 9.04 Å². The molecule has 0 unspecified atom stereocenters. The molecule has 16 heavy (non-hydrogen) atoms. The standard InChI is InChI=1S/C12H12OSi.2Li.2H/c13-14(11-7-3-1-4-8-11)12-9-5-2-6-10-12;;;;/h1-10,13-14H;;;;. The van der Waals surface area contributed by atoms with Gasteiger partial charge in [-0.3, -0.25) is 0 Å². The third-order valence-electron chi connectivity index (χ3n) is 2.23. The van der Waals surface area contributed by atoms with Crippen LogP contribution in [-0.4, -0.2) is 51.6 Å². The second-order valence-electron chi connectivity index (χ2n) is 3.22. The van der Waals surface area contributed by atoms with Crippen molar-refractivity contribution in [2.75, 3.05) is 0 Å². The minimum atomic E-state index is -1.92. The third kappa shape index (κ3) is 4.00. The van der Waals surface area contributed by atoms with E-state index >= 15 is 0 Å². The summed E-state index contributed by atoms with van der Waals surface area (Å²) in [6.45, 7) is 0. The Kier molecular flexibility index (Phi) is 7.89. The zero-order valence-corrected chi connectivity index (χ0v) is 8.95.